The largest absolute Gasteiger partial charge is 0.497 e. The van der Waals surface area contributed by atoms with Gasteiger partial charge in [0.25, 0.3) is 11.8 Å². The average Bonchev–Trinajstić information content (AvgIpc) is 3.25. The summed E-state index contributed by atoms with van der Waals surface area (Å²) in [7, 11) is -2.54. The molecule has 0 bridgehead atoms. The molecule has 0 aliphatic heterocycles. The summed E-state index contributed by atoms with van der Waals surface area (Å²) in [6, 6.07) is 7.92. The Balaban J connectivity index is 2.17. The van der Waals surface area contributed by atoms with Gasteiger partial charge < -0.3 is 9.26 Å². The Morgan fingerprint density at radius 3 is 2.48 bits per heavy atom. The molecule has 0 fully saturated rings. The van der Waals surface area contributed by atoms with Crippen LogP contribution in [0.15, 0.2) is 49.6 Å². The summed E-state index contributed by atoms with van der Waals surface area (Å²) in [6.07, 6.45) is 0. The lowest BCUT2D eigenvalue weighted by atomic mass is 10.2. The number of sulfonamides is 1. The first-order valence-electron chi connectivity index (χ1n) is 7.44. The van der Waals surface area contributed by atoms with Crippen molar-refractivity contribution < 1.29 is 22.5 Å². The summed E-state index contributed by atoms with van der Waals surface area (Å²) in [5, 5.41) is 10.6. The first kappa shape index (κ1) is 19.5. The number of methoxy groups -OCH3 is 1. The quantitative estimate of drug-likeness (QED) is 0.608. The first-order chi connectivity index (χ1) is 12.7. The van der Waals surface area contributed by atoms with Crippen LogP contribution in [0.1, 0.15) is 15.4 Å². The van der Waals surface area contributed by atoms with Gasteiger partial charge in [-0.25, -0.2) is 18.5 Å². The highest BCUT2D eigenvalue weighted by Crippen LogP contribution is 2.37. The number of benzene rings is 1. The number of amides is 1. The number of thiophene rings is 1. The fourth-order valence-electron chi connectivity index (χ4n) is 2.32. The molecule has 0 atom stereocenters. The van der Waals surface area contributed by atoms with Gasteiger partial charge in [-0.05, 0) is 58.6 Å². The van der Waals surface area contributed by atoms with E-state index in [0.717, 1.165) is 11.3 Å². The van der Waals surface area contributed by atoms with Gasteiger partial charge in [0.2, 0.25) is 10.0 Å². The summed E-state index contributed by atoms with van der Waals surface area (Å²) < 4.78 is 34.6. The van der Waals surface area contributed by atoms with Gasteiger partial charge in [-0.15, -0.1) is 11.3 Å². The van der Waals surface area contributed by atoms with Crippen molar-refractivity contribution in [2.45, 2.75) is 11.8 Å². The summed E-state index contributed by atoms with van der Waals surface area (Å²) in [5.41, 5.74) is 0.973. The molecule has 0 radical (unpaired) electrons. The number of nitrogens with two attached hydrogens (primary N) is 1. The molecule has 1 amide bonds. The van der Waals surface area contributed by atoms with E-state index in [1.807, 2.05) is 0 Å². The number of aryl methyl sites for hydroxylation is 1. The molecule has 0 aliphatic rings. The molecule has 0 saturated heterocycles. The number of primary sulfonamides is 1. The second-order valence-corrected chi connectivity index (χ2v) is 8.62. The Morgan fingerprint density at radius 1 is 1.30 bits per heavy atom. The molecule has 1 aromatic carbocycles. The van der Waals surface area contributed by atoms with E-state index in [9.17, 15) is 13.2 Å². The molecule has 27 heavy (non-hydrogen) atoms. The molecule has 0 saturated carbocycles. The number of anilines is 2. The van der Waals surface area contributed by atoms with Crippen molar-refractivity contribution in [2.24, 2.45) is 5.14 Å². The minimum Gasteiger partial charge on any atom is -0.497 e. The Labute approximate surface area is 167 Å². The van der Waals surface area contributed by atoms with Crippen LogP contribution in [0.5, 0.6) is 5.75 Å². The predicted octanol–water partition coefficient (Wildman–Crippen LogP) is 3.44. The highest BCUT2D eigenvalue weighted by Gasteiger charge is 2.31. The van der Waals surface area contributed by atoms with Crippen molar-refractivity contribution in [2.75, 3.05) is 12.0 Å². The van der Waals surface area contributed by atoms with E-state index in [4.69, 9.17) is 14.4 Å². The molecule has 3 aromatic rings. The van der Waals surface area contributed by atoms with Gasteiger partial charge in [-0.2, -0.15) is 0 Å². The van der Waals surface area contributed by atoms with Crippen LogP contribution in [0.3, 0.4) is 0 Å². The fraction of sp³-hybridized carbons (Fsp3) is 0.125. The summed E-state index contributed by atoms with van der Waals surface area (Å²) in [6.45, 7) is 1.70. The number of ether oxygens (including phenoxy) is 1. The van der Waals surface area contributed by atoms with E-state index in [1.54, 1.807) is 31.2 Å². The van der Waals surface area contributed by atoms with E-state index < -0.39 is 15.9 Å². The molecule has 0 spiro atoms. The maximum absolute atomic E-state index is 13.3. The van der Waals surface area contributed by atoms with Crippen LogP contribution in [-0.4, -0.2) is 26.6 Å². The maximum atomic E-state index is 13.3. The topological polar surface area (TPSA) is 116 Å². The number of rotatable bonds is 5. The first-order valence-corrected chi connectivity index (χ1v) is 10.7. The lowest BCUT2D eigenvalue weighted by molar-refractivity contribution is 0.0995. The van der Waals surface area contributed by atoms with Crippen molar-refractivity contribution in [3.05, 3.63) is 50.8 Å². The third kappa shape index (κ3) is 3.76. The standard InChI is InChI=1S/C16H14BrN3O5S2/c1-9-13(17)16(25-19-9)20(10-3-5-11(24-2)6-4-10)15(21)14-12(7-8-26-14)27(18,22)23/h3-8H,1-2H3,(H2,18,22,23). The molecule has 0 aliphatic carbocycles. The summed E-state index contributed by atoms with van der Waals surface area (Å²) in [4.78, 5) is 14.2. The maximum Gasteiger partial charge on any atom is 0.276 e. The molecule has 2 N–H and O–H groups in total. The average molecular weight is 472 g/mol. The van der Waals surface area contributed by atoms with Crippen LogP contribution in [-0.2, 0) is 10.0 Å². The third-order valence-corrected chi connectivity index (χ3v) is 6.54. The molecule has 11 heteroatoms. The van der Waals surface area contributed by atoms with Crippen molar-refractivity contribution in [1.82, 2.24) is 5.16 Å². The zero-order valence-corrected chi connectivity index (χ0v) is 17.4. The van der Waals surface area contributed by atoms with Crippen LogP contribution in [0, 0.1) is 6.92 Å². The second-order valence-electron chi connectivity index (χ2n) is 5.38. The lowest BCUT2D eigenvalue weighted by Gasteiger charge is -2.20. The molecule has 142 valence electrons. The zero-order chi connectivity index (χ0) is 19.8. The van der Waals surface area contributed by atoms with Crippen molar-refractivity contribution >= 4 is 54.8 Å². The van der Waals surface area contributed by atoms with Crippen molar-refractivity contribution in [3.8, 4) is 5.75 Å². The molecule has 2 heterocycles. The number of halogens is 1. The zero-order valence-electron chi connectivity index (χ0n) is 14.2. The van der Waals surface area contributed by atoms with Gasteiger partial charge in [-0.1, -0.05) is 5.16 Å². The minimum atomic E-state index is -4.06. The Hall–Kier alpha value is -2.21. The summed E-state index contributed by atoms with van der Waals surface area (Å²) in [5.74, 6) is 0.104. The van der Waals surface area contributed by atoms with Crippen LogP contribution < -0.4 is 14.8 Å². The van der Waals surface area contributed by atoms with E-state index in [0.29, 0.717) is 21.6 Å². The molecule has 0 unspecified atom stereocenters. The van der Waals surface area contributed by atoms with Gasteiger partial charge in [0.05, 0.1) is 18.5 Å². The third-order valence-electron chi connectivity index (χ3n) is 3.64. The number of carbonyl (C=O) groups excluding carboxylic acids is 1. The SMILES string of the molecule is COc1ccc(N(C(=O)c2sccc2S(N)(=O)=O)c2onc(C)c2Br)cc1. The normalized spacial score (nSPS) is 11.4. The monoisotopic (exact) mass is 471 g/mol. The van der Waals surface area contributed by atoms with Gasteiger partial charge in [0, 0.05) is 0 Å². The van der Waals surface area contributed by atoms with E-state index >= 15 is 0 Å². The molecule has 8 nitrogen and oxygen atoms in total. The smallest absolute Gasteiger partial charge is 0.276 e. The van der Waals surface area contributed by atoms with Gasteiger partial charge in [0.15, 0.2) is 0 Å². The Morgan fingerprint density at radius 2 is 1.96 bits per heavy atom. The van der Waals surface area contributed by atoms with E-state index in [-0.39, 0.29) is 15.7 Å². The number of hydrogen-bond acceptors (Lipinski definition) is 7. The lowest BCUT2D eigenvalue weighted by Crippen LogP contribution is -2.27. The Kier molecular flexibility index (Phi) is 5.38. The number of hydrogen-bond donors (Lipinski definition) is 1. The van der Waals surface area contributed by atoms with Gasteiger partial charge in [0.1, 0.15) is 20.0 Å². The second kappa shape index (κ2) is 7.43. The Bertz CT molecular complexity index is 1090. The highest BCUT2D eigenvalue weighted by molar-refractivity contribution is 9.10. The fourth-order valence-corrected chi connectivity index (χ4v) is 4.54. The number of nitrogens with zero attached hydrogens (tertiary/aromatic N) is 2. The van der Waals surface area contributed by atoms with Crippen LogP contribution in [0.2, 0.25) is 0 Å². The predicted molar refractivity (Wildman–Crippen MR) is 104 cm³/mol. The number of carbonyl (C=O) groups is 1. The van der Waals surface area contributed by atoms with Gasteiger partial charge >= 0.3 is 0 Å². The summed E-state index contributed by atoms with van der Waals surface area (Å²) >= 11 is 4.32. The van der Waals surface area contributed by atoms with E-state index in [1.165, 1.54) is 23.5 Å². The highest BCUT2D eigenvalue weighted by atomic mass is 79.9. The molecule has 3 rings (SSSR count). The van der Waals surface area contributed by atoms with E-state index in [2.05, 4.69) is 21.1 Å². The molecule has 2 aromatic heterocycles. The van der Waals surface area contributed by atoms with Crippen LogP contribution >= 0.6 is 27.3 Å². The van der Waals surface area contributed by atoms with Crippen molar-refractivity contribution in [3.63, 3.8) is 0 Å². The van der Waals surface area contributed by atoms with Crippen LogP contribution in [0.4, 0.5) is 11.6 Å². The number of aromatic nitrogens is 1. The molecular weight excluding hydrogens is 458 g/mol. The minimum absolute atomic E-state index is 0.0331. The molecular formula is C16H14BrN3O5S2. The van der Waals surface area contributed by atoms with Crippen molar-refractivity contribution in [1.29, 1.82) is 0 Å². The van der Waals surface area contributed by atoms with Crippen LogP contribution in [0.25, 0.3) is 0 Å². The van der Waals surface area contributed by atoms with Gasteiger partial charge in [-0.3, -0.25) is 4.79 Å².